The third kappa shape index (κ3) is 5.51. The molecule has 8 heteroatoms. The van der Waals surface area contributed by atoms with Gasteiger partial charge in [0, 0.05) is 24.3 Å². The van der Waals surface area contributed by atoms with E-state index in [1.807, 2.05) is 18.2 Å². The van der Waals surface area contributed by atoms with Crippen LogP contribution in [-0.4, -0.2) is 36.7 Å². The van der Waals surface area contributed by atoms with Gasteiger partial charge >= 0.3 is 0 Å². The largest absolute Gasteiger partial charge is 0.350 e. The molecule has 0 radical (unpaired) electrons. The first kappa shape index (κ1) is 19.8. The molecule has 0 unspecified atom stereocenters. The van der Waals surface area contributed by atoms with Gasteiger partial charge in [-0.05, 0) is 42.7 Å². The number of pyridine rings is 1. The summed E-state index contributed by atoms with van der Waals surface area (Å²) in [5.41, 5.74) is 1.41. The molecule has 0 bridgehead atoms. The number of hydrogen-bond donors (Lipinski definition) is 1. The number of sulfonamides is 1. The summed E-state index contributed by atoms with van der Waals surface area (Å²) in [4.78, 5) is 16.6. The predicted molar refractivity (Wildman–Crippen MR) is 104 cm³/mol. The highest BCUT2D eigenvalue weighted by molar-refractivity contribution is 7.88. The first-order valence-electron chi connectivity index (χ1n) is 8.84. The molecule has 1 amide bonds. The van der Waals surface area contributed by atoms with Crippen molar-refractivity contribution in [3.8, 4) is 0 Å². The maximum Gasteiger partial charge on any atom is 0.224 e. The van der Waals surface area contributed by atoms with E-state index in [4.69, 9.17) is 11.6 Å². The standard InChI is InChI=1S/C19H22ClN3O3S/c20-17-7-3-5-15(11-17)14-27(25,26)23-10-4-6-16(13-23)19(24)22-12-18-8-1-2-9-21-18/h1-3,5,7-9,11,16H,4,6,10,12-14H2,(H,22,24)/t16-/m0/s1. The van der Waals surface area contributed by atoms with Gasteiger partial charge in [-0.3, -0.25) is 9.78 Å². The molecule has 27 heavy (non-hydrogen) atoms. The molecule has 1 aliphatic heterocycles. The molecular weight excluding hydrogens is 386 g/mol. The lowest BCUT2D eigenvalue weighted by atomic mass is 9.99. The SMILES string of the molecule is O=C(NCc1ccccn1)[C@H]1CCCN(S(=O)(=O)Cc2cccc(Cl)c2)C1. The van der Waals surface area contributed by atoms with Crippen molar-refractivity contribution in [2.45, 2.75) is 25.1 Å². The highest BCUT2D eigenvalue weighted by atomic mass is 35.5. The summed E-state index contributed by atoms with van der Waals surface area (Å²) in [6, 6.07) is 12.3. The van der Waals surface area contributed by atoms with Crippen molar-refractivity contribution < 1.29 is 13.2 Å². The zero-order valence-electron chi connectivity index (χ0n) is 14.8. The van der Waals surface area contributed by atoms with Crippen molar-refractivity contribution in [3.05, 3.63) is 64.9 Å². The first-order valence-corrected chi connectivity index (χ1v) is 10.8. The summed E-state index contributed by atoms with van der Waals surface area (Å²) < 4.78 is 26.9. The zero-order valence-corrected chi connectivity index (χ0v) is 16.4. The maximum absolute atomic E-state index is 12.8. The molecule has 2 aromatic rings. The second-order valence-corrected chi connectivity index (χ2v) is 9.03. The van der Waals surface area contributed by atoms with Crippen molar-refractivity contribution in [1.29, 1.82) is 0 Å². The predicted octanol–water partition coefficient (Wildman–Crippen LogP) is 2.59. The topological polar surface area (TPSA) is 79.4 Å². The highest BCUT2D eigenvalue weighted by Gasteiger charge is 2.32. The number of rotatable bonds is 6. The van der Waals surface area contributed by atoms with Crippen LogP contribution in [0.4, 0.5) is 0 Å². The van der Waals surface area contributed by atoms with Gasteiger partial charge < -0.3 is 5.32 Å². The number of hydrogen-bond acceptors (Lipinski definition) is 4. The minimum absolute atomic E-state index is 0.115. The molecule has 1 saturated heterocycles. The molecule has 3 rings (SSSR count). The number of carbonyl (C=O) groups excluding carboxylic acids is 1. The van der Waals surface area contributed by atoms with Crippen LogP contribution >= 0.6 is 11.6 Å². The quantitative estimate of drug-likeness (QED) is 0.798. The van der Waals surface area contributed by atoms with E-state index in [0.717, 1.165) is 5.69 Å². The second kappa shape index (κ2) is 8.82. The first-order chi connectivity index (χ1) is 12.9. The van der Waals surface area contributed by atoms with E-state index < -0.39 is 10.0 Å². The Morgan fingerprint density at radius 2 is 2.11 bits per heavy atom. The minimum atomic E-state index is -3.50. The van der Waals surface area contributed by atoms with Crippen molar-refractivity contribution in [1.82, 2.24) is 14.6 Å². The van der Waals surface area contributed by atoms with Crippen LogP contribution in [0.5, 0.6) is 0 Å². The summed E-state index contributed by atoms with van der Waals surface area (Å²) in [6.45, 7) is 0.981. The number of halogens is 1. The lowest BCUT2D eigenvalue weighted by Crippen LogP contribution is -2.45. The number of nitrogens with one attached hydrogen (secondary N) is 1. The summed E-state index contributed by atoms with van der Waals surface area (Å²) >= 11 is 5.94. The fourth-order valence-corrected chi connectivity index (χ4v) is 4.97. The molecule has 0 saturated carbocycles. The number of aromatic nitrogens is 1. The summed E-state index contributed by atoms with van der Waals surface area (Å²) in [5.74, 6) is -0.601. The van der Waals surface area contributed by atoms with Gasteiger partial charge in [-0.25, -0.2) is 12.7 Å². The van der Waals surface area contributed by atoms with Crippen LogP contribution in [0.25, 0.3) is 0 Å². The van der Waals surface area contributed by atoms with Gasteiger partial charge in [0.15, 0.2) is 0 Å². The smallest absolute Gasteiger partial charge is 0.224 e. The van der Waals surface area contributed by atoms with Gasteiger partial charge in [-0.15, -0.1) is 0 Å². The summed E-state index contributed by atoms with van der Waals surface area (Å²) in [6.07, 6.45) is 3.01. The van der Waals surface area contributed by atoms with E-state index in [1.54, 1.807) is 30.5 Å². The molecule has 2 heterocycles. The number of benzene rings is 1. The van der Waals surface area contributed by atoms with Crippen molar-refractivity contribution in [3.63, 3.8) is 0 Å². The van der Waals surface area contributed by atoms with Gasteiger partial charge in [0.25, 0.3) is 0 Å². The van der Waals surface area contributed by atoms with E-state index in [2.05, 4.69) is 10.3 Å². The summed E-state index contributed by atoms with van der Waals surface area (Å²) in [7, 11) is -3.50. The number of amides is 1. The van der Waals surface area contributed by atoms with E-state index in [1.165, 1.54) is 4.31 Å². The van der Waals surface area contributed by atoms with Crippen molar-refractivity contribution >= 4 is 27.5 Å². The third-order valence-corrected chi connectivity index (χ3v) is 6.61. The van der Waals surface area contributed by atoms with Crippen molar-refractivity contribution in [2.24, 2.45) is 5.92 Å². The molecule has 1 aliphatic rings. The molecule has 0 aliphatic carbocycles. The van der Waals surface area contributed by atoms with Gasteiger partial charge in [0.2, 0.25) is 15.9 Å². The van der Waals surface area contributed by atoms with Crippen LogP contribution in [0.15, 0.2) is 48.7 Å². The average molecular weight is 408 g/mol. The van der Waals surface area contributed by atoms with E-state index in [-0.39, 0.29) is 24.1 Å². The normalized spacial score (nSPS) is 18.2. The second-order valence-electron chi connectivity index (χ2n) is 6.62. The minimum Gasteiger partial charge on any atom is -0.350 e. The van der Waals surface area contributed by atoms with Crippen LogP contribution in [0.1, 0.15) is 24.1 Å². The number of nitrogens with zero attached hydrogens (tertiary/aromatic N) is 2. The van der Waals surface area contributed by atoms with Crippen LogP contribution in [-0.2, 0) is 27.1 Å². The molecule has 1 atom stereocenters. The third-order valence-electron chi connectivity index (χ3n) is 4.56. The fourth-order valence-electron chi connectivity index (χ4n) is 3.16. The highest BCUT2D eigenvalue weighted by Crippen LogP contribution is 2.22. The zero-order chi connectivity index (χ0) is 19.3. The Bertz CT molecular complexity index is 890. The van der Waals surface area contributed by atoms with E-state index in [9.17, 15) is 13.2 Å². The van der Waals surface area contributed by atoms with Gasteiger partial charge in [-0.2, -0.15) is 0 Å². The van der Waals surface area contributed by atoms with Crippen LogP contribution in [0.3, 0.4) is 0 Å². The van der Waals surface area contributed by atoms with Crippen LogP contribution < -0.4 is 5.32 Å². The van der Waals surface area contributed by atoms with E-state index in [0.29, 0.717) is 36.5 Å². The molecule has 1 fully saturated rings. The summed E-state index contributed by atoms with van der Waals surface area (Å²) in [5, 5.41) is 3.36. The number of piperidine rings is 1. The molecule has 1 aromatic heterocycles. The lowest BCUT2D eigenvalue weighted by molar-refractivity contribution is -0.126. The van der Waals surface area contributed by atoms with Crippen molar-refractivity contribution in [2.75, 3.05) is 13.1 Å². The molecule has 0 spiro atoms. The Hall–Kier alpha value is -1.96. The maximum atomic E-state index is 12.8. The molecule has 1 N–H and O–H groups in total. The molecule has 6 nitrogen and oxygen atoms in total. The van der Waals surface area contributed by atoms with Gasteiger partial charge in [-0.1, -0.05) is 29.8 Å². The lowest BCUT2D eigenvalue weighted by Gasteiger charge is -2.31. The Balaban J connectivity index is 1.60. The average Bonchev–Trinajstić information content (AvgIpc) is 2.67. The Kier molecular flexibility index (Phi) is 6.46. The van der Waals surface area contributed by atoms with Gasteiger partial charge in [0.1, 0.15) is 0 Å². The molecule has 144 valence electrons. The number of carbonyl (C=O) groups is 1. The Labute approximate surface area is 164 Å². The van der Waals surface area contributed by atoms with Crippen LogP contribution in [0.2, 0.25) is 5.02 Å². The monoisotopic (exact) mass is 407 g/mol. The van der Waals surface area contributed by atoms with Crippen LogP contribution in [0, 0.1) is 5.92 Å². The molecular formula is C19H22ClN3O3S. The fraction of sp³-hybridized carbons (Fsp3) is 0.368. The van der Waals surface area contributed by atoms with Gasteiger partial charge in [0.05, 0.1) is 23.9 Å². The Morgan fingerprint density at radius 3 is 2.85 bits per heavy atom. The van der Waals surface area contributed by atoms with E-state index >= 15 is 0 Å². The Morgan fingerprint density at radius 1 is 1.26 bits per heavy atom. The molecule has 1 aromatic carbocycles.